The van der Waals surface area contributed by atoms with Gasteiger partial charge in [-0.15, -0.1) is 0 Å². The van der Waals surface area contributed by atoms with Crippen LogP contribution in [0.3, 0.4) is 0 Å². The van der Waals surface area contributed by atoms with E-state index in [0.717, 1.165) is 23.2 Å². The van der Waals surface area contributed by atoms with E-state index in [4.69, 9.17) is 9.94 Å². The average Bonchev–Trinajstić information content (AvgIpc) is 3.29. The lowest BCUT2D eigenvalue weighted by molar-refractivity contribution is -0.141. The SMILES string of the molecule is O=C(O)C1CCN(CCO/N=C/c2ccccc2-c2cccc(-c3ccccc3)c2)C1. The molecule has 0 spiro atoms. The van der Waals surface area contributed by atoms with Crippen molar-refractivity contribution >= 4 is 12.2 Å². The summed E-state index contributed by atoms with van der Waals surface area (Å²) in [7, 11) is 0. The van der Waals surface area contributed by atoms with Gasteiger partial charge < -0.3 is 9.94 Å². The number of aliphatic carboxylic acids is 1. The molecule has 4 rings (SSSR count). The molecule has 0 saturated carbocycles. The van der Waals surface area contributed by atoms with Gasteiger partial charge in [-0.25, -0.2) is 0 Å². The van der Waals surface area contributed by atoms with E-state index in [-0.39, 0.29) is 5.92 Å². The Morgan fingerprint density at radius 3 is 2.55 bits per heavy atom. The first kappa shape index (κ1) is 20.8. The van der Waals surface area contributed by atoms with Crippen LogP contribution in [0.5, 0.6) is 0 Å². The molecule has 3 aromatic rings. The highest BCUT2D eigenvalue weighted by molar-refractivity contribution is 5.90. The highest BCUT2D eigenvalue weighted by atomic mass is 16.6. The summed E-state index contributed by atoms with van der Waals surface area (Å²) in [5.74, 6) is -0.976. The zero-order valence-electron chi connectivity index (χ0n) is 17.4. The monoisotopic (exact) mass is 414 g/mol. The van der Waals surface area contributed by atoms with E-state index in [1.807, 2.05) is 36.4 Å². The van der Waals surface area contributed by atoms with Gasteiger partial charge in [-0.1, -0.05) is 78.0 Å². The van der Waals surface area contributed by atoms with Gasteiger partial charge in [-0.05, 0) is 41.3 Å². The van der Waals surface area contributed by atoms with Crippen LogP contribution in [0.25, 0.3) is 22.3 Å². The van der Waals surface area contributed by atoms with Crippen LogP contribution in [0, 0.1) is 5.92 Å². The maximum atomic E-state index is 11.0. The summed E-state index contributed by atoms with van der Waals surface area (Å²) >= 11 is 0. The second-order valence-corrected chi connectivity index (χ2v) is 7.73. The standard InChI is InChI=1S/C26H26N2O3/c29-26(30)24-13-14-28(19-24)15-16-31-27-18-23-9-4-5-12-25(23)22-11-6-10-21(17-22)20-7-2-1-3-8-20/h1-12,17-18,24H,13-16,19H2,(H,29,30)/b27-18+. The zero-order chi connectivity index (χ0) is 21.5. The van der Waals surface area contributed by atoms with E-state index in [2.05, 4.69) is 52.5 Å². The van der Waals surface area contributed by atoms with E-state index in [9.17, 15) is 4.79 Å². The van der Waals surface area contributed by atoms with Crippen molar-refractivity contribution in [3.63, 3.8) is 0 Å². The zero-order valence-corrected chi connectivity index (χ0v) is 17.4. The first-order valence-corrected chi connectivity index (χ1v) is 10.6. The third-order valence-corrected chi connectivity index (χ3v) is 5.63. The third-order valence-electron chi connectivity index (χ3n) is 5.63. The topological polar surface area (TPSA) is 62.1 Å². The Morgan fingerprint density at radius 1 is 1.00 bits per heavy atom. The predicted octanol–water partition coefficient (Wildman–Crippen LogP) is 4.78. The molecule has 1 N–H and O–H groups in total. The molecule has 1 fully saturated rings. The number of carbonyl (C=O) groups is 1. The fourth-order valence-corrected chi connectivity index (χ4v) is 3.92. The minimum Gasteiger partial charge on any atom is -0.481 e. The van der Waals surface area contributed by atoms with Crippen LogP contribution in [0.15, 0.2) is 84.0 Å². The molecule has 1 unspecified atom stereocenters. The van der Waals surface area contributed by atoms with E-state index in [1.165, 1.54) is 11.1 Å². The van der Waals surface area contributed by atoms with Crippen LogP contribution in [0.2, 0.25) is 0 Å². The maximum Gasteiger partial charge on any atom is 0.307 e. The summed E-state index contributed by atoms with van der Waals surface area (Å²) in [5.41, 5.74) is 5.56. The van der Waals surface area contributed by atoms with Gasteiger partial charge in [0.1, 0.15) is 6.61 Å². The molecule has 5 nitrogen and oxygen atoms in total. The number of carboxylic acid groups (broad SMARTS) is 1. The lowest BCUT2D eigenvalue weighted by Crippen LogP contribution is -2.26. The van der Waals surface area contributed by atoms with Crippen LogP contribution in [-0.4, -0.2) is 48.4 Å². The molecule has 0 radical (unpaired) electrons. The van der Waals surface area contributed by atoms with Crippen LogP contribution < -0.4 is 0 Å². The fourth-order valence-electron chi connectivity index (χ4n) is 3.92. The normalized spacial score (nSPS) is 16.6. The van der Waals surface area contributed by atoms with Gasteiger partial charge in [0.05, 0.1) is 12.1 Å². The van der Waals surface area contributed by atoms with Crippen molar-refractivity contribution in [3.8, 4) is 22.3 Å². The minimum absolute atomic E-state index is 0.262. The molecule has 1 heterocycles. The molecule has 0 aliphatic carbocycles. The molecule has 31 heavy (non-hydrogen) atoms. The average molecular weight is 415 g/mol. The molecular formula is C26H26N2O3. The highest BCUT2D eigenvalue weighted by Crippen LogP contribution is 2.28. The van der Waals surface area contributed by atoms with Gasteiger partial charge in [-0.2, -0.15) is 0 Å². The number of rotatable bonds is 8. The number of benzene rings is 3. The first-order valence-electron chi connectivity index (χ1n) is 10.6. The molecule has 0 bridgehead atoms. The van der Waals surface area contributed by atoms with Gasteiger partial charge in [0.2, 0.25) is 0 Å². The second kappa shape index (κ2) is 10.0. The molecule has 3 aromatic carbocycles. The molecule has 5 heteroatoms. The summed E-state index contributed by atoms with van der Waals surface area (Å²) in [6, 6.07) is 26.9. The van der Waals surface area contributed by atoms with Crippen molar-refractivity contribution < 1.29 is 14.7 Å². The summed E-state index contributed by atoms with van der Waals surface area (Å²) in [6.07, 6.45) is 2.45. The molecule has 1 saturated heterocycles. The van der Waals surface area contributed by atoms with Crippen molar-refractivity contribution in [1.82, 2.24) is 4.90 Å². The molecule has 1 atom stereocenters. The number of hydrogen-bond donors (Lipinski definition) is 1. The number of hydrogen-bond acceptors (Lipinski definition) is 4. The molecule has 158 valence electrons. The van der Waals surface area contributed by atoms with Crippen molar-refractivity contribution in [2.45, 2.75) is 6.42 Å². The van der Waals surface area contributed by atoms with Crippen LogP contribution in [-0.2, 0) is 9.63 Å². The number of carboxylic acids is 1. The Labute approximate surface area is 182 Å². The maximum absolute atomic E-state index is 11.0. The van der Waals surface area contributed by atoms with Crippen LogP contribution in [0.4, 0.5) is 0 Å². The molecule has 0 amide bonds. The van der Waals surface area contributed by atoms with Crippen LogP contribution >= 0.6 is 0 Å². The Morgan fingerprint density at radius 2 is 1.74 bits per heavy atom. The van der Waals surface area contributed by atoms with Gasteiger partial charge >= 0.3 is 5.97 Å². The fraction of sp³-hybridized carbons (Fsp3) is 0.231. The molecular weight excluding hydrogens is 388 g/mol. The summed E-state index contributed by atoms with van der Waals surface area (Å²) in [4.78, 5) is 18.6. The Bertz CT molecular complexity index is 1050. The quantitative estimate of drug-likeness (QED) is 0.327. The second-order valence-electron chi connectivity index (χ2n) is 7.73. The van der Waals surface area contributed by atoms with E-state index >= 15 is 0 Å². The number of oxime groups is 1. The first-order chi connectivity index (χ1) is 15.2. The number of nitrogens with zero attached hydrogens (tertiary/aromatic N) is 2. The van der Waals surface area contributed by atoms with Crippen LogP contribution in [0.1, 0.15) is 12.0 Å². The predicted molar refractivity (Wildman–Crippen MR) is 123 cm³/mol. The van der Waals surface area contributed by atoms with Gasteiger partial charge in [-0.3, -0.25) is 9.69 Å². The van der Waals surface area contributed by atoms with E-state index in [0.29, 0.717) is 26.1 Å². The Hall–Kier alpha value is -3.44. The molecule has 0 aromatic heterocycles. The van der Waals surface area contributed by atoms with Gasteiger partial charge in [0.15, 0.2) is 0 Å². The lowest BCUT2D eigenvalue weighted by Gasteiger charge is -2.13. The molecule has 1 aliphatic heterocycles. The minimum atomic E-state index is -0.714. The van der Waals surface area contributed by atoms with Crippen molar-refractivity contribution in [3.05, 3.63) is 84.4 Å². The van der Waals surface area contributed by atoms with Crippen molar-refractivity contribution in [2.75, 3.05) is 26.2 Å². The lowest BCUT2D eigenvalue weighted by atomic mass is 9.96. The summed E-state index contributed by atoms with van der Waals surface area (Å²) < 4.78 is 0. The largest absolute Gasteiger partial charge is 0.481 e. The van der Waals surface area contributed by atoms with E-state index < -0.39 is 5.97 Å². The number of likely N-dealkylation sites (tertiary alicyclic amines) is 1. The van der Waals surface area contributed by atoms with Crippen molar-refractivity contribution in [1.29, 1.82) is 0 Å². The van der Waals surface area contributed by atoms with Gasteiger partial charge in [0, 0.05) is 18.7 Å². The van der Waals surface area contributed by atoms with Crippen molar-refractivity contribution in [2.24, 2.45) is 11.1 Å². The highest BCUT2D eigenvalue weighted by Gasteiger charge is 2.27. The van der Waals surface area contributed by atoms with E-state index in [1.54, 1.807) is 6.21 Å². The smallest absolute Gasteiger partial charge is 0.307 e. The Balaban J connectivity index is 1.40. The summed E-state index contributed by atoms with van der Waals surface area (Å²) in [5, 5.41) is 13.2. The summed E-state index contributed by atoms with van der Waals surface area (Å²) in [6.45, 7) is 2.50. The third kappa shape index (κ3) is 5.38. The van der Waals surface area contributed by atoms with Gasteiger partial charge in [0.25, 0.3) is 0 Å². The Kier molecular flexibility index (Phi) is 6.75. The molecule has 1 aliphatic rings.